The molecule has 0 saturated heterocycles. The zero-order valence-electron chi connectivity index (χ0n) is 17.8. The highest BCUT2D eigenvalue weighted by Crippen LogP contribution is 2.49. The van der Waals surface area contributed by atoms with Crippen molar-refractivity contribution in [1.29, 1.82) is 0 Å². The molecular formula is C31H19NS. The van der Waals surface area contributed by atoms with Gasteiger partial charge in [-0.05, 0) is 65.2 Å². The first kappa shape index (κ1) is 18.6. The third-order valence-corrected chi connectivity index (χ3v) is 7.72. The number of benzene rings is 4. The van der Waals surface area contributed by atoms with Crippen molar-refractivity contribution in [2.45, 2.75) is 10.8 Å². The Bertz CT molecular complexity index is 1690. The van der Waals surface area contributed by atoms with Crippen molar-refractivity contribution >= 4 is 33.6 Å². The van der Waals surface area contributed by atoms with Gasteiger partial charge in [0.25, 0.3) is 0 Å². The summed E-state index contributed by atoms with van der Waals surface area (Å²) in [7, 11) is 0. The maximum atomic E-state index is 3.42. The number of aromatic nitrogens is 1. The molecule has 2 heteroatoms. The van der Waals surface area contributed by atoms with Crippen LogP contribution in [0, 0.1) is 11.8 Å². The van der Waals surface area contributed by atoms with Gasteiger partial charge in [0, 0.05) is 26.3 Å². The lowest BCUT2D eigenvalue weighted by Gasteiger charge is -2.09. The molecule has 154 valence electrons. The Balaban J connectivity index is 1.41. The molecular weight excluding hydrogens is 418 g/mol. The van der Waals surface area contributed by atoms with Gasteiger partial charge in [-0.15, -0.1) is 0 Å². The van der Waals surface area contributed by atoms with Crippen LogP contribution in [-0.4, -0.2) is 4.57 Å². The molecule has 0 amide bonds. The van der Waals surface area contributed by atoms with Gasteiger partial charge in [0.1, 0.15) is 0 Å². The molecule has 1 unspecified atom stereocenters. The van der Waals surface area contributed by atoms with Crippen molar-refractivity contribution in [3.05, 3.63) is 120 Å². The highest BCUT2D eigenvalue weighted by atomic mass is 32.2. The minimum atomic E-state index is 0.184. The van der Waals surface area contributed by atoms with Gasteiger partial charge in [0.05, 0.1) is 17.0 Å². The predicted octanol–water partition coefficient (Wildman–Crippen LogP) is 8.10. The van der Waals surface area contributed by atoms with E-state index in [1.807, 2.05) is 17.8 Å². The lowest BCUT2D eigenvalue weighted by molar-refractivity contribution is 1.09. The molecule has 7 rings (SSSR count). The quantitative estimate of drug-likeness (QED) is 0.253. The van der Waals surface area contributed by atoms with Crippen LogP contribution in [0.4, 0.5) is 0 Å². The van der Waals surface area contributed by atoms with E-state index in [-0.39, 0.29) is 5.92 Å². The molecule has 33 heavy (non-hydrogen) atoms. The largest absolute Gasteiger partial charge is 0.309 e. The molecule has 1 atom stereocenters. The van der Waals surface area contributed by atoms with Crippen LogP contribution in [0.1, 0.15) is 11.5 Å². The Hall–Kier alpha value is -3.93. The molecule has 0 fully saturated rings. The number of rotatable bonds is 2. The Labute approximate surface area is 197 Å². The van der Waals surface area contributed by atoms with Crippen LogP contribution in [0.2, 0.25) is 0 Å². The summed E-state index contributed by atoms with van der Waals surface area (Å²) in [6.45, 7) is 0. The summed E-state index contributed by atoms with van der Waals surface area (Å²) in [5, 5.41) is 2.56. The normalized spacial score (nSPS) is 16.1. The van der Waals surface area contributed by atoms with Crippen molar-refractivity contribution in [2.75, 3.05) is 0 Å². The summed E-state index contributed by atoms with van der Waals surface area (Å²) >= 11 is 1.85. The summed E-state index contributed by atoms with van der Waals surface area (Å²) < 4.78 is 2.36. The van der Waals surface area contributed by atoms with Crippen LogP contribution in [-0.2, 0) is 0 Å². The van der Waals surface area contributed by atoms with E-state index in [1.165, 1.54) is 54.0 Å². The molecule has 1 nitrogen and oxygen atoms in total. The van der Waals surface area contributed by atoms with Gasteiger partial charge in [0.2, 0.25) is 0 Å². The average Bonchev–Trinajstić information content (AvgIpc) is 3.28. The van der Waals surface area contributed by atoms with Gasteiger partial charge in [-0.2, -0.15) is 0 Å². The fraction of sp³-hybridized carbons (Fsp3) is 0.0323. The van der Waals surface area contributed by atoms with Crippen LogP contribution >= 0.6 is 11.8 Å². The third-order valence-electron chi connectivity index (χ3n) is 6.52. The van der Waals surface area contributed by atoms with E-state index in [9.17, 15) is 0 Å². The highest BCUT2D eigenvalue weighted by molar-refractivity contribution is 8.03. The van der Waals surface area contributed by atoms with Crippen molar-refractivity contribution in [1.82, 2.24) is 4.57 Å². The first-order valence-electron chi connectivity index (χ1n) is 11.2. The maximum absolute atomic E-state index is 3.42. The van der Waals surface area contributed by atoms with Gasteiger partial charge >= 0.3 is 0 Å². The number of hydrogen-bond donors (Lipinski definition) is 0. The second-order valence-electron chi connectivity index (χ2n) is 8.42. The maximum Gasteiger partial charge on any atom is 0.0779 e. The van der Waals surface area contributed by atoms with Crippen LogP contribution in [0.5, 0.6) is 0 Å². The van der Waals surface area contributed by atoms with E-state index in [1.54, 1.807) is 0 Å². The fourth-order valence-corrected chi connectivity index (χ4v) is 6.13. The molecule has 0 radical (unpaired) electrons. The number of allylic oxidation sites excluding steroid dienone is 4. The first-order chi connectivity index (χ1) is 16.4. The van der Waals surface area contributed by atoms with Gasteiger partial charge in [-0.3, -0.25) is 0 Å². The standard InChI is InChI=1S/C31H19NS/c1-3-9-23(10-4-1)32-28-13-8-7-11-24(28)26-19-21(15-17-29(26)32)22-16-18-31-27(20-22)25-12-5-2-6-14-30(25)33-31/h1-4,6-11,13-20,25H. The monoisotopic (exact) mass is 437 g/mol. The molecule has 1 aromatic heterocycles. The van der Waals surface area contributed by atoms with Gasteiger partial charge in [-0.25, -0.2) is 0 Å². The van der Waals surface area contributed by atoms with Crippen LogP contribution in [0.15, 0.2) is 119 Å². The lowest BCUT2D eigenvalue weighted by Crippen LogP contribution is -1.93. The zero-order valence-corrected chi connectivity index (χ0v) is 18.6. The highest BCUT2D eigenvalue weighted by Gasteiger charge is 2.27. The molecule has 0 spiro atoms. The smallest absolute Gasteiger partial charge is 0.0779 e. The Kier molecular flexibility index (Phi) is 4.12. The number of nitrogens with zero attached hydrogens (tertiary/aromatic N) is 1. The topological polar surface area (TPSA) is 4.93 Å². The second-order valence-corrected chi connectivity index (χ2v) is 9.54. The second kappa shape index (κ2) is 7.30. The number of fused-ring (bicyclic) bond motifs is 6. The fourth-order valence-electron chi connectivity index (χ4n) is 5.00. The Morgan fingerprint density at radius 3 is 2.45 bits per heavy atom. The van der Waals surface area contributed by atoms with Gasteiger partial charge in [-0.1, -0.05) is 84.3 Å². The lowest BCUT2D eigenvalue weighted by atomic mass is 9.94. The number of hydrogen-bond acceptors (Lipinski definition) is 1. The van der Waals surface area contributed by atoms with Gasteiger partial charge in [0.15, 0.2) is 0 Å². The molecule has 2 aliphatic rings. The molecule has 5 aromatic rings. The van der Waals surface area contributed by atoms with E-state index in [2.05, 4.69) is 120 Å². The minimum Gasteiger partial charge on any atom is -0.309 e. The molecule has 2 heterocycles. The van der Waals surface area contributed by atoms with E-state index in [0.29, 0.717) is 0 Å². The zero-order chi connectivity index (χ0) is 21.8. The summed E-state index contributed by atoms with van der Waals surface area (Å²) in [6.07, 6.45) is 6.18. The summed E-state index contributed by atoms with van der Waals surface area (Å²) in [4.78, 5) is 2.64. The molecule has 4 aromatic carbocycles. The van der Waals surface area contributed by atoms with E-state index >= 15 is 0 Å². The Morgan fingerprint density at radius 1 is 0.727 bits per heavy atom. The molecule has 1 aliphatic carbocycles. The van der Waals surface area contributed by atoms with E-state index in [4.69, 9.17) is 0 Å². The van der Waals surface area contributed by atoms with E-state index < -0.39 is 0 Å². The van der Waals surface area contributed by atoms with Crippen LogP contribution < -0.4 is 0 Å². The van der Waals surface area contributed by atoms with Crippen molar-refractivity contribution in [2.24, 2.45) is 0 Å². The predicted molar refractivity (Wildman–Crippen MR) is 140 cm³/mol. The minimum absolute atomic E-state index is 0.184. The van der Waals surface area contributed by atoms with Crippen molar-refractivity contribution in [3.63, 3.8) is 0 Å². The third kappa shape index (κ3) is 2.90. The summed E-state index contributed by atoms with van der Waals surface area (Å²) in [6, 6.07) is 33.0. The van der Waals surface area contributed by atoms with Crippen molar-refractivity contribution in [3.8, 4) is 28.7 Å². The molecule has 1 aliphatic heterocycles. The summed E-state index contributed by atoms with van der Waals surface area (Å²) in [5.74, 6) is 6.79. The van der Waals surface area contributed by atoms with Gasteiger partial charge < -0.3 is 4.57 Å². The number of thioether (sulfide) groups is 1. The molecule has 0 bridgehead atoms. The van der Waals surface area contributed by atoms with E-state index in [0.717, 1.165) is 0 Å². The SMILES string of the molecule is C1#CC2C(=CC=C1)Sc1ccc(-c3ccc4c(c3)c3ccccc3n4-c3ccccc3)cc12. The summed E-state index contributed by atoms with van der Waals surface area (Å²) in [5.41, 5.74) is 7.46. The molecule has 0 N–H and O–H groups in total. The molecule has 0 saturated carbocycles. The Morgan fingerprint density at radius 2 is 1.52 bits per heavy atom. The average molecular weight is 438 g/mol. The number of para-hydroxylation sites is 2. The first-order valence-corrected chi connectivity index (χ1v) is 12.0. The van der Waals surface area contributed by atoms with Crippen LogP contribution in [0.3, 0.4) is 0 Å². The van der Waals surface area contributed by atoms with Crippen LogP contribution in [0.25, 0.3) is 38.6 Å². The van der Waals surface area contributed by atoms with Crippen molar-refractivity contribution < 1.29 is 0 Å².